The van der Waals surface area contributed by atoms with E-state index in [-0.39, 0.29) is 12.3 Å². The van der Waals surface area contributed by atoms with Gasteiger partial charge >= 0.3 is 5.97 Å². The number of carboxylic acids is 1. The summed E-state index contributed by atoms with van der Waals surface area (Å²) >= 11 is 6.50. The van der Waals surface area contributed by atoms with Crippen molar-refractivity contribution in [2.45, 2.75) is 26.2 Å². The molecule has 5 nitrogen and oxygen atoms in total. The molecule has 0 unspecified atom stereocenters. The fourth-order valence-electron chi connectivity index (χ4n) is 3.03. The lowest BCUT2D eigenvalue weighted by molar-refractivity contribution is -0.136. The molecule has 3 rings (SSSR count). The summed E-state index contributed by atoms with van der Waals surface area (Å²) in [6.07, 6.45) is 3.19. The Bertz CT molecular complexity index is 1120. The number of nitrogens with zero attached hydrogens (tertiary/aromatic N) is 2. The Balaban J connectivity index is 1.82. The summed E-state index contributed by atoms with van der Waals surface area (Å²) in [5.74, 6) is -0.804. The summed E-state index contributed by atoms with van der Waals surface area (Å²) in [6.45, 7) is 4.24. The van der Waals surface area contributed by atoms with Crippen LogP contribution in [0.2, 0.25) is 0 Å². The van der Waals surface area contributed by atoms with Crippen molar-refractivity contribution in [1.29, 1.82) is 5.26 Å². The van der Waals surface area contributed by atoms with Crippen LogP contribution in [0.25, 0.3) is 6.08 Å². The molecule has 7 heteroatoms. The van der Waals surface area contributed by atoms with Gasteiger partial charge in [-0.25, -0.2) is 0 Å². The van der Waals surface area contributed by atoms with Crippen molar-refractivity contribution in [2.75, 3.05) is 4.90 Å². The number of carbonyl (C=O) groups is 2. The number of carboxylic acid groups (broad SMARTS) is 1. The number of anilines is 1. The van der Waals surface area contributed by atoms with Crippen molar-refractivity contribution in [3.63, 3.8) is 0 Å². The van der Waals surface area contributed by atoms with E-state index in [4.69, 9.17) is 17.3 Å². The topological polar surface area (TPSA) is 81.4 Å². The maximum atomic E-state index is 12.9. The summed E-state index contributed by atoms with van der Waals surface area (Å²) < 4.78 is 0.362. The highest BCUT2D eigenvalue weighted by Gasteiger charge is 2.33. The van der Waals surface area contributed by atoms with Gasteiger partial charge in [-0.2, -0.15) is 5.26 Å². The van der Waals surface area contributed by atoms with Gasteiger partial charge in [-0.15, -0.1) is 0 Å². The fraction of sp³-hybridized carbons (Fsp3) is 0.167. The smallest absolute Gasteiger partial charge is 0.307 e. The number of benzene rings is 2. The minimum absolute atomic E-state index is 0.0902. The Kier molecular flexibility index (Phi) is 7.06. The molecule has 1 aliphatic rings. The molecule has 2 aromatic carbocycles. The van der Waals surface area contributed by atoms with Crippen molar-refractivity contribution in [2.24, 2.45) is 0 Å². The second-order valence-corrected chi connectivity index (χ2v) is 8.96. The molecule has 156 valence electrons. The van der Waals surface area contributed by atoms with E-state index in [0.717, 1.165) is 17.3 Å². The Morgan fingerprint density at radius 2 is 1.84 bits per heavy atom. The van der Waals surface area contributed by atoms with Crippen LogP contribution >= 0.6 is 24.0 Å². The quantitative estimate of drug-likeness (QED) is 0.367. The van der Waals surface area contributed by atoms with Gasteiger partial charge in [0.15, 0.2) is 4.32 Å². The third-order valence-electron chi connectivity index (χ3n) is 4.68. The van der Waals surface area contributed by atoms with Crippen LogP contribution in [0.3, 0.4) is 0 Å². The molecule has 1 saturated heterocycles. The van der Waals surface area contributed by atoms with E-state index in [1.165, 1.54) is 10.5 Å². The van der Waals surface area contributed by atoms with Gasteiger partial charge < -0.3 is 5.11 Å². The number of amides is 1. The van der Waals surface area contributed by atoms with E-state index in [1.54, 1.807) is 36.4 Å². The Hall–Kier alpha value is -3.21. The lowest BCUT2D eigenvalue weighted by Crippen LogP contribution is -2.27. The molecule has 31 heavy (non-hydrogen) atoms. The van der Waals surface area contributed by atoms with Crippen molar-refractivity contribution in [3.8, 4) is 6.07 Å². The highest BCUT2D eigenvalue weighted by atomic mass is 32.2. The predicted molar refractivity (Wildman–Crippen MR) is 128 cm³/mol. The van der Waals surface area contributed by atoms with Crippen LogP contribution in [0.4, 0.5) is 5.69 Å². The van der Waals surface area contributed by atoms with E-state index in [2.05, 4.69) is 19.9 Å². The van der Waals surface area contributed by atoms with Crippen LogP contribution in [0.1, 0.15) is 36.5 Å². The first-order chi connectivity index (χ1) is 14.8. The molecule has 0 saturated carbocycles. The van der Waals surface area contributed by atoms with E-state index < -0.39 is 5.97 Å². The van der Waals surface area contributed by atoms with Crippen LogP contribution in [-0.4, -0.2) is 21.3 Å². The van der Waals surface area contributed by atoms with E-state index >= 15 is 0 Å². The molecule has 2 aromatic rings. The van der Waals surface area contributed by atoms with Crippen LogP contribution in [0, 0.1) is 11.3 Å². The summed E-state index contributed by atoms with van der Waals surface area (Å²) in [4.78, 5) is 25.5. The second kappa shape index (κ2) is 9.73. The molecular formula is C24H20N2O3S2. The molecule has 1 fully saturated rings. The van der Waals surface area contributed by atoms with Crippen LogP contribution in [0.5, 0.6) is 0 Å². The molecule has 0 aliphatic carbocycles. The Morgan fingerprint density at radius 3 is 2.39 bits per heavy atom. The number of hydrogen-bond acceptors (Lipinski definition) is 5. The van der Waals surface area contributed by atoms with Gasteiger partial charge in [0.1, 0.15) is 0 Å². The van der Waals surface area contributed by atoms with Crippen molar-refractivity contribution in [1.82, 2.24) is 0 Å². The van der Waals surface area contributed by atoms with Crippen LogP contribution < -0.4 is 4.90 Å². The third kappa shape index (κ3) is 5.48. The zero-order valence-corrected chi connectivity index (χ0v) is 18.7. The SMILES string of the molecule is CC(C)c1ccc(/C=C(C#N)/C=C2\SC(=S)N(c3ccc(CC(=O)O)cc3)C2=O)cc1. The number of aliphatic carboxylic acids is 1. The predicted octanol–water partition coefficient (Wildman–Crippen LogP) is 5.29. The van der Waals surface area contributed by atoms with Gasteiger partial charge in [0, 0.05) is 0 Å². The number of carbonyl (C=O) groups excluding carboxylic acids is 1. The standard InChI is InChI=1S/C24H20N2O3S2/c1-15(2)19-7-3-16(4-8-19)11-18(14-25)12-21-23(29)26(24(30)31-21)20-9-5-17(6-10-20)13-22(27)28/h3-12,15H,13H2,1-2H3,(H,27,28)/b18-11-,21-12-. The summed E-state index contributed by atoms with van der Waals surface area (Å²) in [6, 6.07) is 16.7. The first-order valence-electron chi connectivity index (χ1n) is 9.59. The minimum Gasteiger partial charge on any atom is -0.481 e. The lowest BCUT2D eigenvalue weighted by Gasteiger charge is -2.14. The average Bonchev–Trinajstić information content (AvgIpc) is 3.01. The molecular weight excluding hydrogens is 428 g/mol. The highest BCUT2D eigenvalue weighted by molar-refractivity contribution is 8.27. The van der Waals surface area contributed by atoms with Crippen molar-refractivity contribution in [3.05, 3.63) is 81.8 Å². The highest BCUT2D eigenvalue weighted by Crippen LogP contribution is 2.35. The first-order valence-corrected chi connectivity index (χ1v) is 10.8. The Labute approximate surface area is 190 Å². The van der Waals surface area contributed by atoms with Crippen molar-refractivity contribution >= 4 is 51.9 Å². The van der Waals surface area contributed by atoms with E-state index in [1.807, 2.05) is 24.3 Å². The first kappa shape index (κ1) is 22.5. The molecule has 0 radical (unpaired) electrons. The molecule has 1 aliphatic heterocycles. The number of thioether (sulfide) groups is 1. The largest absolute Gasteiger partial charge is 0.481 e. The van der Waals surface area contributed by atoms with Gasteiger partial charge in [-0.05, 0) is 46.9 Å². The minimum atomic E-state index is -0.920. The molecule has 0 bridgehead atoms. The van der Waals surface area contributed by atoms with Crippen LogP contribution in [-0.2, 0) is 16.0 Å². The molecule has 0 aromatic heterocycles. The molecule has 1 N–H and O–H groups in total. The fourth-order valence-corrected chi connectivity index (χ4v) is 4.32. The van der Waals surface area contributed by atoms with Crippen molar-refractivity contribution < 1.29 is 14.7 Å². The summed E-state index contributed by atoms with van der Waals surface area (Å²) in [5.41, 5.74) is 3.64. The van der Waals surface area contributed by atoms with Gasteiger partial charge in [-0.3, -0.25) is 14.5 Å². The summed E-state index contributed by atoms with van der Waals surface area (Å²) in [7, 11) is 0. The van der Waals surface area contributed by atoms with E-state index in [0.29, 0.717) is 32.0 Å². The molecule has 1 amide bonds. The second-order valence-electron chi connectivity index (χ2n) is 7.29. The van der Waals surface area contributed by atoms with Gasteiger partial charge in [0.25, 0.3) is 5.91 Å². The molecule has 0 spiro atoms. The van der Waals surface area contributed by atoms with Gasteiger partial charge in [-0.1, -0.05) is 74.2 Å². The average molecular weight is 449 g/mol. The molecule has 1 heterocycles. The number of hydrogen-bond donors (Lipinski definition) is 1. The van der Waals surface area contributed by atoms with Gasteiger partial charge in [0.2, 0.25) is 0 Å². The number of allylic oxidation sites excluding steroid dienone is 2. The van der Waals surface area contributed by atoms with Gasteiger partial charge in [0.05, 0.1) is 28.7 Å². The zero-order valence-electron chi connectivity index (χ0n) is 17.0. The third-order valence-corrected chi connectivity index (χ3v) is 5.99. The maximum absolute atomic E-state index is 12.9. The number of nitriles is 1. The number of thiocarbonyl (C=S) groups is 1. The van der Waals surface area contributed by atoms with E-state index in [9.17, 15) is 14.9 Å². The number of rotatable bonds is 6. The summed E-state index contributed by atoms with van der Waals surface area (Å²) in [5, 5.41) is 18.4. The van der Waals surface area contributed by atoms with Crippen LogP contribution in [0.15, 0.2) is 65.1 Å². The zero-order chi connectivity index (χ0) is 22.5. The lowest BCUT2D eigenvalue weighted by atomic mass is 10.0. The molecule has 0 atom stereocenters. The normalized spacial score (nSPS) is 15.6. The Morgan fingerprint density at radius 1 is 1.19 bits per heavy atom. The monoisotopic (exact) mass is 448 g/mol. The maximum Gasteiger partial charge on any atom is 0.307 e.